The summed E-state index contributed by atoms with van der Waals surface area (Å²) in [5.74, 6) is 0. The molecule has 1 heterocycles. The molecule has 7 nitrogen and oxygen atoms in total. The minimum absolute atomic E-state index is 0.0609. The Morgan fingerprint density at radius 2 is 2.09 bits per heavy atom. The molecule has 0 aromatic heterocycles. The number of hydrogen-bond acceptors (Lipinski definition) is 6. The van der Waals surface area contributed by atoms with Crippen molar-refractivity contribution in [2.24, 2.45) is 0 Å². The summed E-state index contributed by atoms with van der Waals surface area (Å²) in [5.41, 5.74) is 0.892. The van der Waals surface area contributed by atoms with Crippen molar-refractivity contribution in [3.05, 3.63) is 33.9 Å². The lowest BCUT2D eigenvalue weighted by atomic mass is 10.1. The van der Waals surface area contributed by atoms with Crippen LogP contribution in [-0.2, 0) is 0 Å². The quantitative estimate of drug-likeness (QED) is 0.655. The highest BCUT2D eigenvalue weighted by atomic mass is 16.6. The molecule has 0 bridgehead atoms. The molecule has 1 saturated heterocycles. The van der Waals surface area contributed by atoms with Gasteiger partial charge in [-0.05, 0) is 20.0 Å². The van der Waals surface area contributed by atoms with Crippen molar-refractivity contribution in [1.82, 2.24) is 9.80 Å². The van der Waals surface area contributed by atoms with E-state index in [1.165, 1.54) is 12.1 Å². The lowest BCUT2D eigenvalue weighted by Crippen LogP contribution is -2.49. The van der Waals surface area contributed by atoms with E-state index in [1.54, 1.807) is 6.07 Å². The first-order chi connectivity index (χ1) is 10.5. The van der Waals surface area contributed by atoms with Crippen molar-refractivity contribution in [3.63, 3.8) is 0 Å². The Hall–Kier alpha value is -2.17. The molecule has 1 fully saturated rings. The molecule has 22 heavy (non-hydrogen) atoms. The SMILES string of the molecule is CC(CNc1ccc([N+](=O)[O-])cc1C#N)N1CCN(C)CC1. The van der Waals surface area contributed by atoms with Gasteiger partial charge in [-0.2, -0.15) is 5.26 Å². The Morgan fingerprint density at radius 1 is 1.41 bits per heavy atom. The first-order valence-corrected chi connectivity index (χ1v) is 7.36. The molecule has 1 unspecified atom stereocenters. The first kappa shape index (κ1) is 16.2. The lowest BCUT2D eigenvalue weighted by Gasteiger charge is -2.36. The van der Waals surface area contributed by atoms with Gasteiger partial charge in [0, 0.05) is 50.9 Å². The molecule has 1 aromatic rings. The van der Waals surface area contributed by atoms with E-state index < -0.39 is 4.92 Å². The Balaban J connectivity index is 1.96. The van der Waals surface area contributed by atoms with Crippen molar-refractivity contribution in [2.75, 3.05) is 45.1 Å². The predicted octanol–water partition coefficient (Wildman–Crippen LogP) is 1.51. The number of hydrogen-bond donors (Lipinski definition) is 1. The van der Waals surface area contributed by atoms with E-state index in [0.717, 1.165) is 26.2 Å². The minimum Gasteiger partial charge on any atom is -0.382 e. The van der Waals surface area contributed by atoms with E-state index in [-0.39, 0.29) is 5.69 Å². The summed E-state index contributed by atoms with van der Waals surface area (Å²) in [6.45, 7) is 7.04. The van der Waals surface area contributed by atoms with Gasteiger partial charge in [0.05, 0.1) is 16.2 Å². The Morgan fingerprint density at radius 3 is 2.68 bits per heavy atom. The van der Waals surface area contributed by atoms with Crippen molar-refractivity contribution >= 4 is 11.4 Å². The van der Waals surface area contributed by atoms with Crippen molar-refractivity contribution in [3.8, 4) is 6.07 Å². The van der Waals surface area contributed by atoms with Crippen LogP contribution in [0.4, 0.5) is 11.4 Å². The molecule has 0 spiro atoms. The summed E-state index contributed by atoms with van der Waals surface area (Å²) >= 11 is 0. The number of anilines is 1. The zero-order valence-corrected chi connectivity index (χ0v) is 13.0. The number of piperazine rings is 1. The number of nitriles is 1. The van der Waals surface area contributed by atoms with Crippen LogP contribution in [0.5, 0.6) is 0 Å². The summed E-state index contributed by atoms with van der Waals surface area (Å²) in [4.78, 5) is 15.0. The highest BCUT2D eigenvalue weighted by molar-refractivity contribution is 5.61. The number of rotatable bonds is 5. The molecule has 7 heteroatoms. The number of nitrogens with zero attached hydrogens (tertiary/aromatic N) is 4. The van der Waals surface area contributed by atoms with Gasteiger partial charge in [0.1, 0.15) is 6.07 Å². The largest absolute Gasteiger partial charge is 0.382 e. The fourth-order valence-electron chi connectivity index (χ4n) is 2.54. The molecule has 0 amide bonds. The van der Waals surface area contributed by atoms with Gasteiger partial charge in [0.2, 0.25) is 0 Å². The van der Waals surface area contributed by atoms with Gasteiger partial charge < -0.3 is 10.2 Å². The Bertz CT molecular complexity index is 576. The number of non-ortho nitro benzene ring substituents is 1. The fraction of sp³-hybridized carbons (Fsp3) is 0.533. The van der Waals surface area contributed by atoms with Gasteiger partial charge in [-0.25, -0.2) is 0 Å². The number of nitrogens with one attached hydrogen (secondary N) is 1. The minimum atomic E-state index is -0.489. The van der Waals surface area contributed by atoms with Crippen LogP contribution in [0.15, 0.2) is 18.2 Å². The summed E-state index contributed by atoms with van der Waals surface area (Å²) in [6.07, 6.45) is 0. The van der Waals surface area contributed by atoms with Crippen molar-refractivity contribution in [2.45, 2.75) is 13.0 Å². The van der Waals surface area contributed by atoms with Gasteiger partial charge in [-0.3, -0.25) is 15.0 Å². The summed E-state index contributed by atoms with van der Waals surface area (Å²) in [7, 11) is 2.12. The molecule has 0 saturated carbocycles. The van der Waals surface area contributed by atoms with Gasteiger partial charge in [-0.1, -0.05) is 0 Å². The predicted molar refractivity (Wildman–Crippen MR) is 84.8 cm³/mol. The number of likely N-dealkylation sites (N-methyl/N-ethyl adjacent to an activating group) is 1. The topological polar surface area (TPSA) is 85.4 Å². The van der Waals surface area contributed by atoms with Crippen LogP contribution in [-0.4, -0.2) is 60.5 Å². The number of nitro groups is 1. The van der Waals surface area contributed by atoms with Gasteiger partial charge >= 0.3 is 0 Å². The summed E-state index contributed by atoms with van der Waals surface area (Å²) < 4.78 is 0. The molecule has 2 rings (SSSR count). The Kier molecular flexibility index (Phi) is 5.31. The Labute approximate surface area is 130 Å². The van der Waals surface area contributed by atoms with Crippen LogP contribution in [0, 0.1) is 21.4 Å². The molecule has 118 valence electrons. The molecule has 1 aliphatic heterocycles. The monoisotopic (exact) mass is 303 g/mol. The van der Waals surface area contributed by atoms with E-state index in [0.29, 0.717) is 23.8 Å². The lowest BCUT2D eigenvalue weighted by molar-refractivity contribution is -0.384. The van der Waals surface area contributed by atoms with Crippen LogP contribution in [0.2, 0.25) is 0 Å². The fourth-order valence-corrected chi connectivity index (χ4v) is 2.54. The number of benzene rings is 1. The second-order valence-electron chi connectivity index (χ2n) is 5.67. The van der Waals surface area contributed by atoms with E-state index in [9.17, 15) is 10.1 Å². The maximum absolute atomic E-state index is 10.7. The zero-order chi connectivity index (χ0) is 16.1. The van der Waals surface area contributed by atoms with Crippen molar-refractivity contribution in [1.29, 1.82) is 5.26 Å². The van der Waals surface area contributed by atoms with Crippen LogP contribution in [0.25, 0.3) is 0 Å². The molecule has 1 N–H and O–H groups in total. The van der Waals surface area contributed by atoms with Crippen LogP contribution < -0.4 is 5.32 Å². The van der Waals surface area contributed by atoms with Crippen molar-refractivity contribution < 1.29 is 4.92 Å². The average molecular weight is 303 g/mol. The second kappa shape index (κ2) is 7.20. The van der Waals surface area contributed by atoms with Gasteiger partial charge in [0.25, 0.3) is 5.69 Å². The standard InChI is InChI=1S/C15H21N5O2/c1-12(19-7-5-18(2)6-8-19)11-17-15-4-3-14(20(21)22)9-13(15)10-16/h3-4,9,12,17H,5-8,11H2,1-2H3. The van der Waals surface area contributed by atoms with Gasteiger partial charge in [-0.15, -0.1) is 0 Å². The maximum Gasteiger partial charge on any atom is 0.270 e. The molecule has 0 aliphatic carbocycles. The zero-order valence-electron chi connectivity index (χ0n) is 13.0. The van der Waals surface area contributed by atoms with E-state index in [2.05, 4.69) is 29.1 Å². The molecule has 1 aromatic carbocycles. The molecule has 0 radical (unpaired) electrons. The van der Waals surface area contributed by atoms with Crippen LogP contribution >= 0.6 is 0 Å². The third-order valence-corrected chi connectivity index (χ3v) is 4.08. The molecular formula is C15H21N5O2. The highest BCUT2D eigenvalue weighted by Gasteiger charge is 2.19. The summed E-state index contributed by atoms with van der Waals surface area (Å²) in [5, 5.41) is 23.1. The van der Waals surface area contributed by atoms with Crippen LogP contribution in [0.3, 0.4) is 0 Å². The van der Waals surface area contributed by atoms with E-state index in [1.807, 2.05) is 6.07 Å². The third kappa shape index (κ3) is 3.93. The van der Waals surface area contributed by atoms with Crippen LogP contribution in [0.1, 0.15) is 12.5 Å². The second-order valence-corrected chi connectivity index (χ2v) is 5.67. The highest BCUT2D eigenvalue weighted by Crippen LogP contribution is 2.21. The first-order valence-electron chi connectivity index (χ1n) is 7.36. The smallest absolute Gasteiger partial charge is 0.270 e. The summed E-state index contributed by atoms with van der Waals surface area (Å²) in [6, 6.07) is 6.69. The normalized spacial score (nSPS) is 17.7. The van der Waals surface area contributed by atoms with E-state index >= 15 is 0 Å². The third-order valence-electron chi connectivity index (χ3n) is 4.08. The number of nitro benzene ring substituents is 1. The average Bonchev–Trinajstić information content (AvgIpc) is 2.52. The molecular weight excluding hydrogens is 282 g/mol. The maximum atomic E-state index is 10.7. The van der Waals surface area contributed by atoms with E-state index in [4.69, 9.17) is 5.26 Å². The molecule has 1 atom stereocenters. The van der Waals surface area contributed by atoms with Gasteiger partial charge in [0.15, 0.2) is 0 Å². The molecule has 1 aliphatic rings.